The van der Waals surface area contributed by atoms with Crippen LogP contribution in [0, 0.1) is 5.92 Å². The fourth-order valence-corrected chi connectivity index (χ4v) is 1.02. The van der Waals surface area contributed by atoms with Crippen LogP contribution >= 0.6 is 15.9 Å². The molecule has 1 aliphatic carbocycles. The van der Waals surface area contributed by atoms with Crippen LogP contribution in [0.25, 0.3) is 0 Å². The summed E-state index contributed by atoms with van der Waals surface area (Å²) in [4.78, 5) is 0. The van der Waals surface area contributed by atoms with Crippen molar-refractivity contribution in [3.05, 3.63) is 24.1 Å². The van der Waals surface area contributed by atoms with Crippen molar-refractivity contribution in [1.29, 1.82) is 0 Å². The average molecular weight is 207 g/mol. The molecule has 0 amide bonds. The number of hydrogen-bond acceptors (Lipinski definition) is 1. The van der Waals surface area contributed by atoms with E-state index in [4.69, 9.17) is 0 Å². The van der Waals surface area contributed by atoms with Gasteiger partial charge in [0.15, 0.2) is 0 Å². The summed E-state index contributed by atoms with van der Waals surface area (Å²) < 4.78 is 11.4. The summed E-state index contributed by atoms with van der Waals surface area (Å²) >= 11 is 3.04. The molecular weight excluding hydrogens is 199 g/mol. The van der Waals surface area contributed by atoms with Crippen molar-refractivity contribution in [2.45, 2.75) is 11.4 Å². The number of aliphatic hydroxyl groups is 1. The van der Waals surface area contributed by atoms with Crippen LogP contribution in [0.15, 0.2) is 24.1 Å². The van der Waals surface area contributed by atoms with Crippen LogP contribution in [-0.4, -0.2) is 9.62 Å². The van der Waals surface area contributed by atoms with Gasteiger partial charge < -0.3 is 5.11 Å². The molecule has 0 aliphatic heterocycles. The average Bonchev–Trinajstić information content (AvgIpc) is 1.81. The topological polar surface area (TPSA) is 20.2 Å². The van der Waals surface area contributed by atoms with Gasteiger partial charge in [-0.15, -0.1) is 0 Å². The third-order valence-electron chi connectivity index (χ3n) is 1.52. The zero-order chi connectivity index (χ0) is 7.78. The first-order valence-electron chi connectivity index (χ1n) is 3.00. The normalized spacial score (nSPS) is 39.6. The minimum atomic E-state index is -1.07. The van der Waals surface area contributed by atoms with E-state index in [0.29, 0.717) is 0 Å². The molecule has 0 fully saturated rings. The van der Waals surface area contributed by atoms with Crippen LogP contribution in [0.5, 0.6) is 0 Å². The van der Waals surface area contributed by atoms with Crippen LogP contribution in [0.4, 0.5) is 4.39 Å². The maximum atomic E-state index is 12.4. The highest BCUT2D eigenvalue weighted by molar-refractivity contribution is 9.10. The van der Waals surface area contributed by atoms with Gasteiger partial charge in [-0.3, -0.25) is 0 Å². The van der Waals surface area contributed by atoms with Gasteiger partial charge in [0.1, 0.15) is 10.3 Å². The fourth-order valence-electron chi connectivity index (χ4n) is 0.760. The molecule has 1 rings (SSSR count). The van der Waals surface area contributed by atoms with Crippen molar-refractivity contribution in [3.8, 4) is 0 Å². The van der Waals surface area contributed by atoms with E-state index in [2.05, 4.69) is 15.9 Å². The maximum Gasteiger partial charge on any atom is 0.144 e. The molecule has 0 saturated heterocycles. The number of rotatable bonds is 0. The van der Waals surface area contributed by atoms with Gasteiger partial charge in [-0.05, 0) is 34.2 Å². The molecule has 0 aromatic carbocycles. The third kappa shape index (κ3) is 1.47. The summed E-state index contributed by atoms with van der Waals surface area (Å²) in [6.45, 7) is 1.73. The van der Waals surface area contributed by atoms with Crippen LogP contribution in [0.3, 0.4) is 0 Å². The van der Waals surface area contributed by atoms with E-state index in [1.807, 2.05) is 0 Å². The number of halogens is 2. The van der Waals surface area contributed by atoms with Crippen LogP contribution in [0.1, 0.15) is 6.92 Å². The van der Waals surface area contributed by atoms with Gasteiger partial charge >= 0.3 is 0 Å². The number of hydrogen-bond donors (Lipinski definition) is 1. The molecule has 0 aromatic rings. The van der Waals surface area contributed by atoms with Gasteiger partial charge in [-0.25, -0.2) is 4.39 Å². The van der Waals surface area contributed by atoms with E-state index >= 15 is 0 Å². The van der Waals surface area contributed by atoms with Crippen molar-refractivity contribution < 1.29 is 9.50 Å². The largest absolute Gasteiger partial charge is 0.375 e. The lowest BCUT2D eigenvalue weighted by Gasteiger charge is -2.24. The Labute approximate surface area is 67.4 Å². The Kier molecular flexibility index (Phi) is 1.97. The third-order valence-corrected chi connectivity index (χ3v) is 2.51. The first-order chi connectivity index (χ1) is 4.52. The molecule has 0 bridgehead atoms. The fraction of sp³-hybridized carbons (Fsp3) is 0.429. The summed E-state index contributed by atoms with van der Waals surface area (Å²) in [5, 5.41) is 9.38. The molecule has 0 saturated carbocycles. The molecule has 0 radical (unpaired) electrons. The SMILES string of the molecule is CC1C=C(F)C=CC1(O)Br. The van der Waals surface area contributed by atoms with Gasteiger partial charge in [-0.1, -0.05) is 6.92 Å². The maximum absolute atomic E-state index is 12.4. The summed E-state index contributed by atoms with van der Waals surface area (Å²) in [5.74, 6) is -0.519. The molecule has 0 heterocycles. The Hall–Kier alpha value is -0.150. The van der Waals surface area contributed by atoms with Crippen LogP contribution < -0.4 is 0 Å². The van der Waals surface area contributed by atoms with Crippen molar-refractivity contribution >= 4 is 15.9 Å². The molecular formula is C7H8BrFO. The van der Waals surface area contributed by atoms with E-state index in [1.54, 1.807) is 6.92 Å². The van der Waals surface area contributed by atoms with E-state index < -0.39 is 4.51 Å². The van der Waals surface area contributed by atoms with Crippen molar-refractivity contribution in [3.63, 3.8) is 0 Å². The smallest absolute Gasteiger partial charge is 0.144 e. The molecule has 2 unspecified atom stereocenters. The van der Waals surface area contributed by atoms with Crippen LogP contribution in [0.2, 0.25) is 0 Å². The second-order valence-corrected chi connectivity index (χ2v) is 3.67. The molecule has 10 heavy (non-hydrogen) atoms. The van der Waals surface area contributed by atoms with Gasteiger partial charge in [0, 0.05) is 5.92 Å². The highest BCUT2D eigenvalue weighted by Gasteiger charge is 2.28. The van der Waals surface area contributed by atoms with E-state index in [1.165, 1.54) is 18.2 Å². The van der Waals surface area contributed by atoms with E-state index in [-0.39, 0.29) is 11.7 Å². The van der Waals surface area contributed by atoms with Gasteiger partial charge in [0.05, 0.1) is 0 Å². The number of alkyl halides is 1. The zero-order valence-electron chi connectivity index (χ0n) is 5.51. The molecule has 1 N–H and O–H groups in total. The monoisotopic (exact) mass is 206 g/mol. The first kappa shape index (κ1) is 7.95. The quantitative estimate of drug-likeness (QED) is 0.603. The predicted octanol–water partition coefficient (Wildman–Crippen LogP) is 2.13. The second-order valence-electron chi connectivity index (χ2n) is 2.40. The van der Waals surface area contributed by atoms with Crippen molar-refractivity contribution in [1.82, 2.24) is 0 Å². The van der Waals surface area contributed by atoms with Gasteiger partial charge in [0.25, 0.3) is 0 Å². The van der Waals surface area contributed by atoms with Crippen LogP contribution in [-0.2, 0) is 0 Å². The minimum Gasteiger partial charge on any atom is -0.375 e. The minimum absolute atomic E-state index is 0.225. The molecule has 2 atom stereocenters. The summed E-state index contributed by atoms with van der Waals surface area (Å²) in [5.41, 5.74) is 0. The van der Waals surface area contributed by atoms with Crippen molar-refractivity contribution in [2.75, 3.05) is 0 Å². The summed E-state index contributed by atoms with van der Waals surface area (Å²) in [7, 11) is 0. The standard InChI is InChI=1S/C7H8BrFO/c1-5-4-6(9)2-3-7(5,8)10/h2-5,10H,1H3. The lowest BCUT2D eigenvalue weighted by Crippen LogP contribution is -2.26. The second kappa shape index (κ2) is 2.47. The first-order valence-corrected chi connectivity index (χ1v) is 3.79. The van der Waals surface area contributed by atoms with E-state index in [9.17, 15) is 9.50 Å². The van der Waals surface area contributed by atoms with E-state index in [0.717, 1.165) is 0 Å². The lowest BCUT2D eigenvalue weighted by molar-refractivity contribution is 0.153. The molecule has 56 valence electrons. The number of allylic oxidation sites excluding steroid dienone is 2. The Morgan fingerprint density at radius 3 is 2.80 bits per heavy atom. The Morgan fingerprint density at radius 1 is 1.80 bits per heavy atom. The Balaban J connectivity index is 2.84. The summed E-state index contributed by atoms with van der Waals surface area (Å²) in [6, 6.07) is 0. The highest BCUT2D eigenvalue weighted by atomic mass is 79.9. The predicted molar refractivity (Wildman–Crippen MR) is 41.4 cm³/mol. The Bertz CT molecular complexity index is 196. The zero-order valence-corrected chi connectivity index (χ0v) is 7.10. The summed E-state index contributed by atoms with van der Waals surface area (Å²) in [6.07, 6.45) is 4.01. The molecule has 1 aliphatic rings. The highest BCUT2D eigenvalue weighted by Crippen LogP contribution is 2.32. The molecule has 3 heteroatoms. The Morgan fingerprint density at radius 2 is 2.40 bits per heavy atom. The molecule has 0 spiro atoms. The molecule has 1 nitrogen and oxygen atoms in total. The van der Waals surface area contributed by atoms with Gasteiger partial charge in [-0.2, -0.15) is 0 Å². The molecule has 0 aromatic heterocycles. The van der Waals surface area contributed by atoms with Crippen molar-refractivity contribution in [2.24, 2.45) is 5.92 Å². The van der Waals surface area contributed by atoms with Gasteiger partial charge in [0.2, 0.25) is 0 Å². The lowest BCUT2D eigenvalue weighted by atomic mass is 9.99.